The second-order valence-electron chi connectivity index (χ2n) is 4.24. The molecular weight excluding hydrogens is 200 g/mol. The number of unbranched alkanes of at least 4 members (excludes halogenated alkanes) is 4. The van der Waals surface area contributed by atoms with Crippen molar-refractivity contribution in [2.24, 2.45) is 0 Å². The number of allylic oxidation sites excluding steroid dienone is 1. The predicted octanol–water partition coefficient (Wildman–Crippen LogP) is 4.25. The minimum atomic E-state index is -0.206. The van der Waals surface area contributed by atoms with E-state index in [1.165, 1.54) is 51.2 Å². The molecule has 0 fully saturated rings. The van der Waals surface area contributed by atoms with Gasteiger partial charge in [-0.2, -0.15) is 0 Å². The van der Waals surface area contributed by atoms with Gasteiger partial charge in [0.2, 0.25) is 0 Å². The summed E-state index contributed by atoms with van der Waals surface area (Å²) >= 11 is 0. The van der Waals surface area contributed by atoms with E-state index in [-0.39, 0.29) is 5.97 Å². The molecule has 0 saturated heterocycles. The van der Waals surface area contributed by atoms with Gasteiger partial charge in [-0.1, -0.05) is 45.1 Å². The molecule has 0 bridgehead atoms. The molecule has 0 amide bonds. The highest BCUT2D eigenvalue weighted by Crippen LogP contribution is 2.16. The summed E-state index contributed by atoms with van der Waals surface area (Å²) in [4.78, 5) is 11.2. The number of hydrogen-bond donors (Lipinski definition) is 0. The molecule has 0 unspecified atom stereocenters. The topological polar surface area (TPSA) is 26.3 Å². The highest BCUT2D eigenvalue weighted by Gasteiger charge is 2.02. The first kappa shape index (κ1) is 15.2. The first-order valence-electron chi connectivity index (χ1n) is 6.52. The molecule has 0 spiro atoms. The lowest BCUT2D eigenvalue weighted by atomic mass is 10.0. The second kappa shape index (κ2) is 10.7. The van der Waals surface area contributed by atoms with Crippen LogP contribution in [0, 0.1) is 0 Å². The Labute approximate surface area is 100 Å². The van der Waals surface area contributed by atoms with Crippen molar-refractivity contribution in [3.63, 3.8) is 0 Å². The number of ether oxygens (including phenoxy) is 1. The van der Waals surface area contributed by atoms with Crippen LogP contribution >= 0.6 is 0 Å². The number of carbonyl (C=O) groups excluding carboxylic acids is 1. The van der Waals surface area contributed by atoms with Gasteiger partial charge in [0.1, 0.15) is 0 Å². The first-order valence-corrected chi connectivity index (χ1v) is 6.52. The van der Waals surface area contributed by atoms with Crippen molar-refractivity contribution < 1.29 is 9.53 Å². The second-order valence-corrected chi connectivity index (χ2v) is 4.24. The predicted molar refractivity (Wildman–Crippen MR) is 68.4 cm³/mol. The summed E-state index contributed by atoms with van der Waals surface area (Å²) in [6.45, 7) is 4.39. The van der Waals surface area contributed by atoms with E-state index in [2.05, 4.69) is 18.6 Å². The SMILES string of the molecule is CCCCCC(=CC(=O)OC)CCCCC. The molecule has 0 rings (SSSR count). The molecule has 0 aromatic heterocycles. The molecule has 0 aromatic rings. The average molecular weight is 226 g/mol. The van der Waals surface area contributed by atoms with Gasteiger partial charge in [0.05, 0.1) is 7.11 Å². The lowest BCUT2D eigenvalue weighted by Gasteiger charge is -2.06. The van der Waals surface area contributed by atoms with Gasteiger partial charge in [-0.25, -0.2) is 4.79 Å². The molecule has 2 nitrogen and oxygen atoms in total. The van der Waals surface area contributed by atoms with Crippen molar-refractivity contribution in [2.75, 3.05) is 7.11 Å². The summed E-state index contributed by atoms with van der Waals surface area (Å²) in [5, 5.41) is 0. The van der Waals surface area contributed by atoms with E-state index in [4.69, 9.17) is 0 Å². The highest BCUT2D eigenvalue weighted by molar-refractivity contribution is 5.82. The molecule has 94 valence electrons. The monoisotopic (exact) mass is 226 g/mol. The molecule has 0 aliphatic heterocycles. The van der Waals surface area contributed by atoms with Crippen molar-refractivity contribution >= 4 is 5.97 Å². The van der Waals surface area contributed by atoms with Crippen LogP contribution in [0.1, 0.15) is 65.2 Å². The lowest BCUT2D eigenvalue weighted by Crippen LogP contribution is -1.98. The zero-order valence-corrected chi connectivity index (χ0v) is 11.1. The maximum atomic E-state index is 11.2. The Bertz CT molecular complexity index is 195. The standard InChI is InChI=1S/C14H26O2/c1-4-6-8-10-13(11-9-7-5-2)12-14(15)16-3/h12H,4-11H2,1-3H3. The van der Waals surface area contributed by atoms with Gasteiger partial charge in [-0.3, -0.25) is 0 Å². The molecule has 2 heteroatoms. The van der Waals surface area contributed by atoms with Crippen LogP contribution in [0.4, 0.5) is 0 Å². The van der Waals surface area contributed by atoms with Crippen molar-refractivity contribution in [1.82, 2.24) is 0 Å². The summed E-state index contributed by atoms with van der Waals surface area (Å²) in [5.41, 5.74) is 1.26. The third-order valence-electron chi connectivity index (χ3n) is 2.73. The van der Waals surface area contributed by atoms with Crippen LogP contribution in [-0.2, 0) is 9.53 Å². The smallest absolute Gasteiger partial charge is 0.330 e. The maximum absolute atomic E-state index is 11.2. The third-order valence-corrected chi connectivity index (χ3v) is 2.73. The Kier molecular flexibility index (Phi) is 10.2. The van der Waals surface area contributed by atoms with Gasteiger partial charge >= 0.3 is 5.97 Å². The van der Waals surface area contributed by atoms with Crippen molar-refractivity contribution in [3.8, 4) is 0 Å². The largest absolute Gasteiger partial charge is 0.466 e. The highest BCUT2D eigenvalue weighted by atomic mass is 16.5. The van der Waals surface area contributed by atoms with Crippen LogP contribution in [0.2, 0.25) is 0 Å². The van der Waals surface area contributed by atoms with Crippen LogP contribution < -0.4 is 0 Å². The Morgan fingerprint density at radius 2 is 1.50 bits per heavy atom. The van der Waals surface area contributed by atoms with E-state index >= 15 is 0 Å². The Balaban J connectivity index is 4.04. The Hall–Kier alpha value is -0.790. The normalized spacial score (nSPS) is 9.94. The van der Waals surface area contributed by atoms with Crippen LogP contribution in [0.5, 0.6) is 0 Å². The van der Waals surface area contributed by atoms with Crippen LogP contribution in [0.3, 0.4) is 0 Å². The van der Waals surface area contributed by atoms with Gasteiger partial charge in [0.15, 0.2) is 0 Å². The summed E-state index contributed by atoms with van der Waals surface area (Å²) in [6, 6.07) is 0. The van der Waals surface area contributed by atoms with E-state index in [9.17, 15) is 4.79 Å². The Morgan fingerprint density at radius 1 is 1.00 bits per heavy atom. The molecule has 0 heterocycles. The molecule has 0 saturated carbocycles. The van der Waals surface area contributed by atoms with E-state index in [0.717, 1.165) is 12.8 Å². The summed E-state index contributed by atoms with van der Waals surface area (Å²) < 4.78 is 4.68. The van der Waals surface area contributed by atoms with Crippen molar-refractivity contribution in [2.45, 2.75) is 65.2 Å². The fourth-order valence-corrected chi connectivity index (χ4v) is 1.70. The van der Waals surface area contributed by atoms with Gasteiger partial charge in [-0.05, 0) is 25.7 Å². The quantitative estimate of drug-likeness (QED) is 0.334. The van der Waals surface area contributed by atoms with E-state index in [0.29, 0.717) is 0 Å². The molecule has 16 heavy (non-hydrogen) atoms. The first-order chi connectivity index (χ1) is 7.74. The minimum Gasteiger partial charge on any atom is -0.466 e. The Morgan fingerprint density at radius 3 is 1.88 bits per heavy atom. The summed E-state index contributed by atoms with van der Waals surface area (Å²) in [6.07, 6.45) is 11.1. The number of methoxy groups -OCH3 is 1. The van der Waals surface area contributed by atoms with Gasteiger partial charge in [0.25, 0.3) is 0 Å². The van der Waals surface area contributed by atoms with E-state index in [1.807, 2.05) is 0 Å². The average Bonchev–Trinajstić information content (AvgIpc) is 2.29. The molecule has 0 N–H and O–H groups in total. The number of esters is 1. The van der Waals surface area contributed by atoms with E-state index in [1.54, 1.807) is 6.08 Å². The maximum Gasteiger partial charge on any atom is 0.330 e. The summed E-state index contributed by atoms with van der Waals surface area (Å²) in [5.74, 6) is -0.206. The van der Waals surface area contributed by atoms with Crippen LogP contribution in [0.15, 0.2) is 11.6 Å². The summed E-state index contributed by atoms with van der Waals surface area (Å²) in [7, 11) is 1.44. The zero-order valence-electron chi connectivity index (χ0n) is 11.1. The zero-order chi connectivity index (χ0) is 12.2. The number of hydrogen-bond acceptors (Lipinski definition) is 2. The molecule has 0 atom stereocenters. The van der Waals surface area contributed by atoms with Gasteiger partial charge in [0, 0.05) is 6.08 Å². The molecule has 0 radical (unpaired) electrons. The van der Waals surface area contributed by atoms with Crippen molar-refractivity contribution in [3.05, 3.63) is 11.6 Å². The van der Waals surface area contributed by atoms with Crippen LogP contribution in [0.25, 0.3) is 0 Å². The van der Waals surface area contributed by atoms with E-state index < -0.39 is 0 Å². The van der Waals surface area contributed by atoms with Crippen LogP contribution in [-0.4, -0.2) is 13.1 Å². The van der Waals surface area contributed by atoms with Gasteiger partial charge < -0.3 is 4.74 Å². The van der Waals surface area contributed by atoms with Crippen molar-refractivity contribution in [1.29, 1.82) is 0 Å². The van der Waals surface area contributed by atoms with Gasteiger partial charge in [-0.15, -0.1) is 0 Å². The minimum absolute atomic E-state index is 0.206. The number of rotatable bonds is 9. The molecule has 0 aromatic carbocycles. The lowest BCUT2D eigenvalue weighted by molar-refractivity contribution is -0.134. The fourth-order valence-electron chi connectivity index (χ4n) is 1.70. The molecular formula is C14H26O2. The molecule has 0 aliphatic rings. The third kappa shape index (κ3) is 8.51. The number of carbonyl (C=O) groups is 1. The fraction of sp³-hybridized carbons (Fsp3) is 0.786. The molecule has 0 aliphatic carbocycles.